The van der Waals surface area contributed by atoms with Crippen LogP contribution in [-0.2, 0) is 14.4 Å². The second kappa shape index (κ2) is 7.00. The zero-order chi connectivity index (χ0) is 23.2. The van der Waals surface area contributed by atoms with Crippen LogP contribution in [0.15, 0.2) is 34.1 Å². The third-order valence-corrected chi connectivity index (χ3v) is 10.1. The minimum Gasteiger partial charge on any atom is -0.480 e. The number of non-ortho nitro benzene ring substituents is 1. The van der Waals surface area contributed by atoms with Crippen molar-refractivity contribution < 1.29 is 24.4 Å². The molecule has 2 N–H and O–H groups in total. The van der Waals surface area contributed by atoms with Gasteiger partial charge in [0.05, 0.1) is 21.8 Å². The quantitative estimate of drug-likeness (QED) is 0.377. The number of nitro groups is 1. The summed E-state index contributed by atoms with van der Waals surface area (Å²) < 4.78 is 0. The number of nitrogens with zero attached hydrogens (tertiary/aromatic N) is 2. The average Bonchev–Trinajstić information content (AvgIpc) is 3.49. The summed E-state index contributed by atoms with van der Waals surface area (Å²) in [7, 11) is 0. The summed E-state index contributed by atoms with van der Waals surface area (Å²) in [6, 6.07) is 6.36. The number of carboxylic acids is 1. The fourth-order valence-corrected chi connectivity index (χ4v) is 9.46. The first kappa shape index (κ1) is 20.6. The predicted molar refractivity (Wildman–Crippen MR) is 116 cm³/mol. The third kappa shape index (κ3) is 2.80. The van der Waals surface area contributed by atoms with Gasteiger partial charge in [0.25, 0.3) is 5.69 Å². The van der Waals surface area contributed by atoms with Crippen molar-refractivity contribution in [3.8, 4) is 0 Å². The molecule has 1 aromatic heterocycles. The van der Waals surface area contributed by atoms with Crippen molar-refractivity contribution in [1.29, 1.82) is 0 Å². The number of rotatable bonds is 4. The molecule has 1 aromatic carbocycles. The molecule has 12 heteroatoms. The smallest absolute Gasteiger partial charge is 0.323 e. The number of amides is 2. The van der Waals surface area contributed by atoms with Crippen LogP contribution in [0.1, 0.15) is 22.8 Å². The fourth-order valence-electron chi connectivity index (χ4n) is 6.57. The highest BCUT2D eigenvalue weighted by Crippen LogP contribution is 2.68. The van der Waals surface area contributed by atoms with Crippen molar-refractivity contribution in [2.24, 2.45) is 29.6 Å². The predicted octanol–water partition coefficient (Wildman–Crippen LogP) is 1.90. The molecule has 2 amide bonds. The Morgan fingerprint density at radius 2 is 1.94 bits per heavy atom. The molecule has 2 aromatic rings. The summed E-state index contributed by atoms with van der Waals surface area (Å²) in [6.45, 7) is -0.637. The van der Waals surface area contributed by atoms with E-state index in [-0.39, 0.29) is 39.5 Å². The highest BCUT2D eigenvalue weighted by Gasteiger charge is 2.69. The van der Waals surface area contributed by atoms with Gasteiger partial charge in [-0.15, -0.1) is 11.8 Å². The number of carbonyl (C=O) groups excluding carboxylic acids is 2. The first-order valence-electron chi connectivity index (χ1n) is 10.5. The van der Waals surface area contributed by atoms with Crippen molar-refractivity contribution in [1.82, 2.24) is 9.88 Å². The van der Waals surface area contributed by atoms with Gasteiger partial charge in [-0.3, -0.25) is 34.2 Å². The Kier molecular flexibility index (Phi) is 4.37. The van der Waals surface area contributed by atoms with E-state index in [1.165, 1.54) is 23.9 Å². The molecule has 3 fully saturated rings. The lowest BCUT2D eigenvalue weighted by Gasteiger charge is -2.43. The number of hydrogen-bond acceptors (Lipinski definition) is 8. The Bertz CT molecular complexity index is 1300. The Hall–Kier alpha value is -2.99. The van der Waals surface area contributed by atoms with Crippen molar-refractivity contribution in [3.05, 3.63) is 54.5 Å². The number of aromatic nitrogens is 1. The van der Waals surface area contributed by atoms with Crippen LogP contribution in [0.25, 0.3) is 0 Å². The van der Waals surface area contributed by atoms with E-state index in [2.05, 4.69) is 4.98 Å². The highest BCUT2D eigenvalue weighted by molar-refractivity contribution is 8.00. The topological polar surface area (TPSA) is 151 Å². The largest absolute Gasteiger partial charge is 0.480 e. The van der Waals surface area contributed by atoms with Crippen LogP contribution < -0.4 is 4.87 Å². The van der Waals surface area contributed by atoms with Crippen LogP contribution in [0.5, 0.6) is 0 Å². The number of nitro benzene ring substituents is 1. The summed E-state index contributed by atoms with van der Waals surface area (Å²) in [6.07, 6.45) is 0.667. The van der Waals surface area contributed by atoms with Gasteiger partial charge < -0.3 is 10.1 Å². The van der Waals surface area contributed by atoms with Crippen LogP contribution >= 0.6 is 23.1 Å². The van der Waals surface area contributed by atoms with Gasteiger partial charge >= 0.3 is 10.8 Å². The summed E-state index contributed by atoms with van der Waals surface area (Å²) in [5.74, 6) is -3.92. The van der Waals surface area contributed by atoms with Gasteiger partial charge in [-0.2, -0.15) is 0 Å². The number of imide groups is 1. The number of H-pyrrole nitrogens is 1. The SMILES string of the molecule is O=C(O)CN1C(=O)C2C3CC(C2C1=O)C1C(c2cccc([N+](=O)[O-])c2)c2sc(=O)[nH]c2SC31. The summed E-state index contributed by atoms with van der Waals surface area (Å²) in [5.41, 5.74) is 0.659. The number of benzene rings is 1. The number of aromatic amines is 1. The maximum Gasteiger partial charge on any atom is 0.323 e. The monoisotopic (exact) mass is 487 g/mol. The minimum absolute atomic E-state index is 0.0486. The minimum atomic E-state index is -1.23. The van der Waals surface area contributed by atoms with Gasteiger partial charge in [0, 0.05) is 28.2 Å². The van der Waals surface area contributed by atoms with E-state index in [4.69, 9.17) is 5.11 Å². The second-order valence-electron chi connectivity index (χ2n) is 8.97. The number of aliphatic carboxylic acids is 1. The van der Waals surface area contributed by atoms with Crippen molar-refractivity contribution in [3.63, 3.8) is 0 Å². The maximum atomic E-state index is 13.1. The zero-order valence-corrected chi connectivity index (χ0v) is 18.5. The zero-order valence-electron chi connectivity index (χ0n) is 16.9. The van der Waals surface area contributed by atoms with Gasteiger partial charge in [0.1, 0.15) is 6.54 Å². The van der Waals surface area contributed by atoms with E-state index in [0.29, 0.717) is 17.0 Å². The number of nitrogens with one attached hydrogen (secondary N) is 1. The first-order valence-corrected chi connectivity index (χ1v) is 12.2. The molecule has 7 atom stereocenters. The third-order valence-electron chi connectivity index (χ3n) is 7.55. The van der Waals surface area contributed by atoms with Crippen LogP contribution in [0.4, 0.5) is 5.69 Å². The van der Waals surface area contributed by atoms with E-state index in [9.17, 15) is 29.3 Å². The number of likely N-dealkylation sites (tertiary alicyclic amines) is 1. The molecule has 10 nitrogen and oxygen atoms in total. The van der Waals surface area contributed by atoms with Gasteiger partial charge in [-0.25, -0.2) is 0 Å². The fraction of sp³-hybridized carbons (Fsp3) is 0.429. The van der Waals surface area contributed by atoms with Crippen molar-refractivity contribution in [2.75, 3.05) is 6.54 Å². The molecule has 6 rings (SSSR count). The van der Waals surface area contributed by atoms with Crippen LogP contribution in [0, 0.1) is 39.7 Å². The maximum absolute atomic E-state index is 13.1. The molecule has 2 aliphatic heterocycles. The molecular formula is C21H17N3O7S2. The van der Waals surface area contributed by atoms with Crippen molar-refractivity contribution in [2.45, 2.75) is 22.6 Å². The molecule has 0 spiro atoms. The Balaban J connectivity index is 1.46. The van der Waals surface area contributed by atoms with E-state index >= 15 is 0 Å². The molecule has 170 valence electrons. The van der Waals surface area contributed by atoms with Crippen LogP contribution in [0.3, 0.4) is 0 Å². The highest BCUT2D eigenvalue weighted by atomic mass is 32.2. The number of carbonyl (C=O) groups is 3. The van der Waals surface area contributed by atoms with Gasteiger partial charge in [-0.05, 0) is 29.7 Å². The number of fused-ring (bicyclic) bond motifs is 9. The van der Waals surface area contributed by atoms with Gasteiger partial charge in [-0.1, -0.05) is 23.5 Å². The summed E-state index contributed by atoms with van der Waals surface area (Å²) in [4.78, 5) is 64.9. The standard InChI is InChI=1S/C21H17N3O7S2/c25-11(26)6-23-19(27)14-9-5-10(15(14)20(23)28)16-13(9)12(17-18(32-16)22-21(29)33-17)7-2-1-3-8(4-7)24(30)31/h1-4,9-10,12-16H,5-6H2,(H,22,29)(H,25,26). The normalized spacial score (nSPS) is 33.7. The van der Waals surface area contributed by atoms with E-state index in [0.717, 1.165) is 21.1 Å². The molecule has 33 heavy (non-hydrogen) atoms. The first-order chi connectivity index (χ1) is 15.8. The Morgan fingerprint density at radius 1 is 1.21 bits per heavy atom. The molecule has 2 bridgehead atoms. The molecule has 2 aliphatic carbocycles. The molecule has 1 saturated heterocycles. The summed E-state index contributed by atoms with van der Waals surface area (Å²) in [5, 5.41) is 21.2. The van der Waals surface area contributed by atoms with Crippen LogP contribution in [-0.4, -0.2) is 49.5 Å². The molecular weight excluding hydrogens is 470 g/mol. The Morgan fingerprint density at radius 3 is 2.64 bits per heavy atom. The average molecular weight is 488 g/mol. The van der Waals surface area contributed by atoms with Gasteiger partial charge in [0.15, 0.2) is 0 Å². The number of hydrogen-bond donors (Lipinski definition) is 2. The molecule has 0 radical (unpaired) electrons. The van der Waals surface area contributed by atoms with E-state index in [1.54, 1.807) is 12.1 Å². The Labute approximate surface area is 194 Å². The molecule has 7 unspecified atom stereocenters. The van der Waals surface area contributed by atoms with Crippen molar-refractivity contribution >= 4 is 46.6 Å². The molecule has 4 aliphatic rings. The number of thioether (sulfide) groups is 1. The van der Waals surface area contributed by atoms with Crippen LogP contribution in [0.2, 0.25) is 0 Å². The number of carboxylic acid groups (broad SMARTS) is 1. The lowest BCUT2D eigenvalue weighted by atomic mass is 9.68. The molecule has 2 saturated carbocycles. The number of thiazole rings is 1. The summed E-state index contributed by atoms with van der Waals surface area (Å²) >= 11 is 2.59. The van der Waals surface area contributed by atoms with E-state index in [1.807, 2.05) is 0 Å². The second-order valence-corrected chi connectivity index (χ2v) is 11.2. The van der Waals surface area contributed by atoms with E-state index < -0.39 is 41.1 Å². The lowest BCUT2D eigenvalue weighted by Crippen LogP contribution is -2.42. The van der Waals surface area contributed by atoms with Gasteiger partial charge in [0.2, 0.25) is 11.8 Å². The molecule has 3 heterocycles. The lowest BCUT2D eigenvalue weighted by molar-refractivity contribution is -0.384.